The average molecular weight is 240 g/mol. The van der Waals surface area contributed by atoms with Gasteiger partial charge in [-0.3, -0.25) is 4.79 Å². The first kappa shape index (κ1) is 12.8. The molecular weight excluding hydrogens is 216 g/mol. The molecule has 1 aliphatic carbocycles. The van der Waals surface area contributed by atoms with E-state index in [1.807, 2.05) is 0 Å². The molecule has 2 aliphatic rings. The molecule has 0 spiro atoms. The number of rotatable bonds is 3. The Morgan fingerprint density at radius 2 is 2.06 bits per heavy atom. The Balaban J connectivity index is 1.82. The molecule has 1 aliphatic heterocycles. The van der Waals surface area contributed by atoms with Crippen LogP contribution in [0.4, 0.5) is 0 Å². The number of hydrogen-bond donors (Lipinski definition) is 2. The van der Waals surface area contributed by atoms with Crippen LogP contribution in [-0.2, 0) is 9.53 Å². The first-order valence-corrected chi connectivity index (χ1v) is 6.88. The van der Waals surface area contributed by atoms with E-state index in [4.69, 9.17) is 4.74 Å². The third kappa shape index (κ3) is 3.42. The number of nitrogens with one attached hydrogen (secondary N) is 2. The number of ether oxygens (including phenoxy) is 1. The van der Waals surface area contributed by atoms with E-state index in [2.05, 4.69) is 10.6 Å². The number of amides is 1. The van der Waals surface area contributed by atoms with E-state index in [0.29, 0.717) is 0 Å². The molecule has 4 nitrogen and oxygen atoms in total. The summed E-state index contributed by atoms with van der Waals surface area (Å²) in [5.41, 5.74) is 0. The van der Waals surface area contributed by atoms with Crippen molar-refractivity contribution in [2.45, 2.75) is 63.1 Å². The second-order valence-electron chi connectivity index (χ2n) is 5.18. The molecule has 17 heavy (non-hydrogen) atoms. The maximum absolute atomic E-state index is 12.1. The summed E-state index contributed by atoms with van der Waals surface area (Å²) in [5, 5.41) is 6.49. The third-order valence-electron chi connectivity index (χ3n) is 3.96. The van der Waals surface area contributed by atoms with Gasteiger partial charge in [0.05, 0.1) is 18.2 Å². The predicted octanol–water partition coefficient (Wildman–Crippen LogP) is 1.20. The highest BCUT2D eigenvalue weighted by Gasteiger charge is 2.30. The fourth-order valence-electron chi connectivity index (χ4n) is 2.91. The fraction of sp³-hybridized carbons (Fsp3) is 0.923. The lowest BCUT2D eigenvalue weighted by Gasteiger charge is -2.23. The number of methoxy groups -OCH3 is 1. The highest BCUT2D eigenvalue weighted by Crippen LogP contribution is 2.21. The number of carbonyl (C=O) groups is 1. The second-order valence-corrected chi connectivity index (χ2v) is 5.18. The van der Waals surface area contributed by atoms with Crippen LogP contribution in [0.15, 0.2) is 0 Å². The van der Waals surface area contributed by atoms with Crippen LogP contribution in [0.3, 0.4) is 0 Å². The van der Waals surface area contributed by atoms with E-state index in [-0.39, 0.29) is 24.1 Å². The molecule has 2 fully saturated rings. The van der Waals surface area contributed by atoms with Gasteiger partial charge < -0.3 is 15.4 Å². The molecule has 0 aromatic heterocycles. The zero-order valence-electron chi connectivity index (χ0n) is 10.7. The molecule has 1 amide bonds. The van der Waals surface area contributed by atoms with Crippen molar-refractivity contribution in [3.05, 3.63) is 0 Å². The van der Waals surface area contributed by atoms with Gasteiger partial charge in [-0.25, -0.2) is 0 Å². The Kier molecular flexibility index (Phi) is 4.80. The van der Waals surface area contributed by atoms with E-state index in [1.165, 1.54) is 12.8 Å². The molecule has 0 aromatic carbocycles. The van der Waals surface area contributed by atoms with E-state index in [1.54, 1.807) is 7.11 Å². The van der Waals surface area contributed by atoms with E-state index < -0.39 is 0 Å². The van der Waals surface area contributed by atoms with Crippen molar-refractivity contribution in [1.82, 2.24) is 10.6 Å². The summed E-state index contributed by atoms with van der Waals surface area (Å²) in [6.45, 7) is 0.969. The zero-order valence-corrected chi connectivity index (χ0v) is 10.7. The molecule has 98 valence electrons. The van der Waals surface area contributed by atoms with Gasteiger partial charge in [0, 0.05) is 7.11 Å². The van der Waals surface area contributed by atoms with Crippen molar-refractivity contribution in [2.75, 3.05) is 13.7 Å². The first-order valence-electron chi connectivity index (χ1n) is 6.88. The Hall–Kier alpha value is -0.610. The van der Waals surface area contributed by atoms with Crippen molar-refractivity contribution < 1.29 is 9.53 Å². The van der Waals surface area contributed by atoms with E-state index in [0.717, 1.165) is 38.6 Å². The second kappa shape index (κ2) is 6.36. The van der Waals surface area contributed by atoms with Crippen molar-refractivity contribution in [3.63, 3.8) is 0 Å². The Morgan fingerprint density at radius 3 is 2.88 bits per heavy atom. The summed E-state index contributed by atoms with van der Waals surface area (Å²) in [7, 11) is 1.74. The standard InChI is InChI=1S/C13H24N2O2/c1-17-12-8-5-7-10(12)15-13(16)11-6-3-2-4-9-14-11/h10-12,14H,2-9H2,1H3,(H,15,16). The Labute approximate surface area is 103 Å². The zero-order chi connectivity index (χ0) is 12.1. The highest BCUT2D eigenvalue weighted by molar-refractivity contribution is 5.82. The summed E-state index contributed by atoms with van der Waals surface area (Å²) in [5.74, 6) is 0.167. The van der Waals surface area contributed by atoms with Gasteiger partial charge >= 0.3 is 0 Å². The molecule has 2 rings (SSSR count). The van der Waals surface area contributed by atoms with Crippen molar-refractivity contribution in [1.29, 1.82) is 0 Å². The SMILES string of the molecule is COC1CCCC1NC(=O)C1CCCCCN1. The summed E-state index contributed by atoms with van der Waals surface area (Å²) in [6.07, 6.45) is 8.04. The molecule has 0 aromatic rings. The van der Waals surface area contributed by atoms with Gasteiger partial charge in [-0.15, -0.1) is 0 Å². The van der Waals surface area contributed by atoms with E-state index >= 15 is 0 Å². The first-order chi connectivity index (χ1) is 8.31. The molecule has 1 saturated heterocycles. The molecule has 3 unspecified atom stereocenters. The Morgan fingerprint density at radius 1 is 1.18 bits per heavy atom. The van der Waals surface area contributed by atoms with Gasteiger partial charge in [0.15, 0.2) is 0 Å². The van der Waals surface area contributed by atoms with Crippen LogP contribution in [-0.4, -0.2) is 37.7 Å². The maximum atomic E-state index is 12.1. The highest BCUT2D eigenvalue weighted by atomic mass is 16.5. The molecule has 3 atom stereocenters. The number of hydrogen-bond acceptors (Lipinski definition) is 3. The van der Waals surface area contributed by atoms with Crippen LogP contribution in [0, 0.1) is 0 Å². The molecule has 4 heteroatoms. The third-order valence-corrected chi connectivity index (χ3v) is 3.96. The Bertz CT molecular complexity index is 250. The maximum Gasteiger partial charge on any atom is 0.237 e. The smallest absolute Gasteiger partial charge is 0.237 e. The van der Waals surface area contributed by atoms with Gasteiger partial charge in [-0.05, 0) is 38.6 Å². The van der Waals surface area contributed by atoms with Gasteiger partial charge in [0.1, 0.15) is 0 Å². The predicted molar refractivity (Wildman–Crippen MR) is 66.8 cm³/mol. The van der Waals surface area contributed by atoms with Crippen LogP contribution in [0.1, 0.15) is 44.9 Å². The minimum Gasteiger partial charge on any atom is -0.379 e. The molecule has 1 heterocycles. The lowest BCUT2D eigenvalue weighted by molar-refractivity contribution is -0.124. The molecule has 0 bridgehead atoms. The largest absolute Gasteiger partial charge is 0.379 e. The van der Waals surface area contributed by atoms with E-state index in [9.17, 15) is 4.79 Å². The van der Waals surface area contributed by atoms with Crippen LogP contribution >= 0.6 is 0 Å². The van der Waals surface area contributed by atoms with Gasteiger partial charge in [-0.2, -0.15) is 0 Å². The summed E-state index contributed by atoms with van der Waals surface area (Å²) >= 11 is 0. The lowest BCUT2D eigenvalue weighted by atomic mass is 10.1. The van der Waals surface area contributed by atoms with Crippen molar-refractivity contribution in [2.24, 2.45) is 0 Å². The van der Waals surface area contributed by atoms with Crippen LogP contribution in [0.5, 0.6) is 0 Å². The number of carbonyl (C=O) groups excluding carboxylic acids is 1. The average Bonchev–Trinajstić information content (AvgIpc) is 2.62. The summed E-state index contributed by atoms with van der Waals surface area (Å²) in [6, 6.07) is 0.230. The van der Waals surface area contributed by atoms with Crippen molar-refractivity contribution >= 4 is 5.91 Å². The summed E-state index contributed by atoms with van der Waals surface area (Å²) < 4.78 is 5.40. The topological polar surface area (TPSA) is 50.4 Å². The molecule has 1 saturated carbocycles. The minimum absolute atomic E-state index is 0.00982. The van der Waals surface area contributed by atoms with Gasteiger partial charge in [0.25, 0.3) is 0 Å². The normalized spacial score (nSPS) is 34.3. The molecule has 0 radical (unpaired) electrons. The monoisotopic (exact) mass is 240 g/mol. The van der Waals surface area contributed by atoms with Crippen LogP contribution in [0.25, 0.3) is 0 Å². The molecular formula is C13H24N2O2. The quantitative estimate of drug-likeness (QED) is 0.779. The fourth-order valence-corrected chi connectivity index (χ4v) is 2.91. The van der Waals surface area contributed by atoms with Crippen LogP contribution in [0.2, 0.25) is 0 Å². The molecule has 2 N–H and O–H groups in total. The summed E-state index contributed by atoms with van der Waals surface area (Å²) in [4.78, 5) is 12.1. The lowest BCUT2D eigenvalue weighted by Crippen LogP contribution is -2.49. The van der Waals surface area contributed by atoms with Crippen LogP contribution < -0.4 is 10.6 Å². The van der Waals surface area contributed by atoms with Gasteiger partial charge in [0.2, 0.25) is 5.91 Å². The van der Waals surface area contributed by atoms with Gasteiger partial charge in [-0.1, -0.05) is 12.8 Å². The minimum atomic E-state index is 0.00982. The van der Waals surface area contributed by atoms with Crippen molar-refractivity contribution in [3.8, 4) is 0 Å².